The topological polar surface area (TPSA) is 68.2 Å². The fraction of sp³-hybridized carbons (Fsp3) is 0.300. The van der Waals surface area contributed by atoms with E-state index in [9.17, 15) is 22.4 Å². The molecule has 0 aliphatic heterocycles. The summed E-state index contributed by atoms with van der Waals surface area (Å²) in [6, 6.07) is 12.1. The summed E-state index contributed by atoms with van der Waals surface area (Å²) >= 11 is 0. The molecule has 3 aromatic rings. The Morgan fingerprint density at radius 3 is 2.60 bits per heavy atom. The summed E-state index contributed by atoms with van der Waals surface area (Å²) in [6.45, 7) is -1.42. The van der Waals surface area contributed by atoms with Crippen LogP contribution in [0.3, 0.4) is 0 Å². The van der Waals surface area contributed by atoms with Gasteiger partial charge in [0, 0.05) is 13.1 Å². The fourth-order valence-corrected chi connectivity index (χ4v) is 2.92. The summed E-state index contributed by atoms with van der Waals surface area (Å²) in [7, 11) is 0. The van der Waals surface area contributed by atoms with Crippen molar-refractivity contribution in [2.45, 2.75) is 18.8 Å². The molecule has 2 amide bonds. The average molecular weight is 424 g/mol. The Kier molecular flexibility index (Phi) is 6.88. The van der Waals surface area contributed by atoms with E-state index >= 15 is 0 Å². The summed E-state index contributed by atoms with van der Waals surface area (Å²) in [4.78, 5) is 16.6. The molecule has 0 saturated heterocycles. The number of nitrogens with one attached hydrogen (secondary N) is 2. The Bertz CT molecular complexity index is 973. The highest BCUT2D eigenvalue weighted by atomic mass is 19.4. The van der Waals surface area contributed by atoms with Gasteiger partial charge in [-0.3, -0.25) is 0 Å². The van der Waals surface area contributed by atoms with Crippen LogP contribution in [0.1, 0.15) is 11.6 Å². The third kappa shape index (κ3) is 6.18. The third-order valence-corrected chi connectivity index (χ3v) is 4.28. The number of aromatic nitrogens is 2. The van der Waals surface area contributed by atoms with Gasteiger partial charge in [0.2, 0.25) is 0 Å². The zero-order chi connectivity index (χ0) is 21.6. The lowest BCUT2D eigenvalue weighted by atomic mass is 10.1. The molecular weight excluding hydrogens is 404 g/mol. The highest BCUT2D eigenvalue weighted by Gasteiger charge is 2.27. The predicted molar refractivity (Wildman–Crippen MR) is 102 cm³/mol. The van der Waals surface area contributed by atoms with E-state index in [0.29, 0.717) is 12.1 Å². The van der Waals surface area contributed by atoms with Crippen molar-refractivity contribution in [3.63, 3.8) is 0 Å². The number of ether oxygens (including phenoxy) is 1. The lowest BCUT2D eigenvalue weighted by Crippen LogP contribution is -2.40. The number of para-hydroxylation sites is 2. The molecule has 0 spiro atoms. The molecule has 10 heteroatoms. The highest BCUT2D eigenvalue weighted by Crippen LogP contribution is 2.20. The predicted octanol–water partition coefficient (Wildman–Crippen LogP) is 3.79. The van der Waals surface area contributed by atoms with Crippen LogP contribution < -0.4 is 10.6 Å². The second kappa shape index (κ2) is 9.57. The molecule has 1 aromatic heterocycles. The van der Waals surface area contributed by atoms with Crippen LogP contribution in [0.4, 0.5) is 22.4 Å². The molecule has 1 heterocycles. The molecule has 0 bridgehead atoms. The summed E-state index contributed by atoms with van der Waals surface area (Å²) in [6.07, 6.45) is -2.77. The van der Waals surface area contributed by atoms with Crippen LogP contribution in [-0.4, -0.2) is 41.5 Å². The lowest BCUT2D eigenvalue weighted by molar-refractivity contribution is -0.173. The fourth-order valence-electron chi connectivity index (χ4n) is 2.92. The van der Waals surface area contributed by atoms with Crippen molar-refractivity contribution in [1.29, 1.82) is 0 Å². The summed E-state index contributed by atoms with van der Waals surface area (Å²) < 4.78 is 55.8. The van der Waals surface area contributed by atoms with Crippen LogP contribution in [0, 0.1) is 5.82 Å². The Hall–Kier alpha value is -3.14. The second-order valence-corrected chi connectivity index (χ2v) is 6.56. The smallest absolute Gasteiger partial charge is 0.370 e. The monoisotopic (exact) mass is 424 g/mol. The number of carbonyl (C=O) groups is 1. The number of imidazole rings is 1. The molecule has 6 nitrogen and oxygen atoms in total. The highest BCUT2D eigenvalue weighted by molar-refractivity contribution is 5.75. The molecule has 1 atom stereocenters. The number of amides is 2. The first-order valence-corrected chi connectivity index (χ1v) is 9.16. The Morgan fingerprint density at radius 1 is 1.13 bits per heavy atom. The minimum absolute atomic E-state index is 0.0912. The summed E-state index contributed by atoms with van der Waals surface area (Å²) in [5, 5.41) is 5.22. The van der Waals surface area contributed by atoms with E-state index in [1.165, 1.54) is 12.1 Å². The van der Waals surface area contributed by atoms with E-state index in [1.54, 1.807) is 18.5 Å². The molecule has 160 valence electrons. The van der Waals surface area contributed by atoms with Gasteiger partial charge < -0.3 is 19.9 Å². The van der Waals surface area contributed by atoms with Crippen molar-refractivity contribution < 1.29 is 27.1 Å². The van der Waals surface area contributed by atoms with Crippen LogP contribution in [0.2, 0.25) is 0 Å². The number of nitrogens with zero attached hydrogens (tertiary/aromatic N) is 2. The molecule has 30 heavy (non-hydrogen) atoms. The maximum Gasteiger partial charge on any atom is 0.411 e. The van der Waals surface area contributed by atoms with E-state index in [4.69, 9.17) is 0 Å². The SMILES string of the molecule is O=C(NCCOCC(F)(F)F)NC(Cn1cnc2ccccc21)c1ccc(F)cc1. The molecule has 0 aliphatic carbocycles. The molecule has 0 fully saturated rings. The van der Waals surface area contributed by atoms with Crippen molar-refractivity contribution in [2.75, 3.05) is 19.8 Å². The van der Waals surface area contributed by atoms with Crippen molar-refractivity contribution in [3.8, 4) is 0 Å². The zero-order valence-electron chi connectivity index (χ0n) is 15.8. The third-order valence-electron chi connectivity index (χ3n) is 4.28. The van der Waals surface area contributed by atoms with Crippen LogP contribution in [0.15, 0.2) is 54.9 Å². The molecular formula is C20H20F4N4O2. The van der Waals surface area contributed by atoms with Gasteiger partial charge in [0.25, 0.3) is 0 Å². The molecule has 0 radical (unpaired) electrons. The molecule has 2 aromatic carbocycles. The zero-order valence-corrected chi connectivity index (χ0v) is 15.8. The number of hydrogen-bond donors (Lipinski definition) is 2. The van der Waals surface area contributed by atoms with E-state index in [0.717, 1.165) is 11.0 Å². The quantitative estimate of drug-likeness (QED) is 0.427. The summed E-state index contributed by atoms with van der Waals surface area (Å²) in [5.74, 6) is -0.406. The first-order chi connectivity index (χ1) is 14.3. The number of fused-ring (bicyclic) bond motifs is 1. The molecule has 2 N–H and O–H groups in total. The number of urea groups is 1. The second-order valence-electron chi connectivity index (χ2n) is 6.56. The van der Waals surface area contributed by atoms with E-state index < -0.39 is 30.7 Å². The van der Waals surface area contributed by atoms with Crippen LogP contribution in [0.25, 0.3) is 11.0 Å². The maximum absolute atomic E-state index is 13.3. The first kappa shape index (κ1) is 21.6. The number of carbonyl (C=O) groups excluding carboxylic acids is 1. The Morgan fingerprint density at radius 2 is 1.87 bits per heavy atom. The average Bonchev–Trinajstić information content (AvgIpc) is 3.10. The minimum atomic E-state index is -4.41. The number of hydrogen-bond acceptors (Lipinski definition) is 3. The number of benzene rings is 2. The van der Waals surface area contributed by atoms with Crippen LogP contribution in [0.5, 0.6) is 0 Å². The summed E-state index contributed by atoms with van der Waals surface area (Å²) in [5.41, 5.74) is 2.33. The maximum atomic E-state index is 13.3. The normalized spacial score (nSPS) is 12.7. The standard InChI is InChI=1S/C20H20F4N4O2/c21-15-7-5-14(6-8-15)17(11-28-13-26-16-3-1-2-4-18(16)28)27-19(29)25-9-10-30-12-20(22,23)24/h1-8,13,17H,9-12H2,(H2,25,27,29). The van der Waals surface area contributed by atoms with E-state index in [2.05, 4.69) is 20.4 Å². The van der Waals surface area contributed by atoms with Gasteiger partial charge in [-0.2, -0.15) is 13.2 Å². The van der Waals surface area contributed by atoms with E-state index in [1.807, 2.05) is 28.8 Å². The van der Waals surface area contributed by atoms with Crippen molar-refractivity contribution >= 4 is 17.1 Å². The van der Waals surface area contributed by atoms with Crippen molar-refractivity contribution in [3.05, 3.63) is 66.2 Å². The van der Waals surface area contributed by atoms with Crippen molar-refractivity contribution in [2.24, 2.45) is 0 Å². The molecule has 0 aliphatic rings. The van der Waals surface area contributed by atoms with Gasteiger partial charge >= 0.3 is 12.2 Å². The number of rotatable bonds is 8. The van der Waals surface area contributed by atoms with Gasteiger partial charge in [0.1, 0.15) is 12.4 Å². The minimum Gasteiger partial charge on any atom is -0.370 e. The van der Waals surface area contributed by atoms with Gasteiger partial charge in [-0.1, -0.05) is 24.3 Å². The Balaban J connectivity index is 1.64. The Labute approximate surface area is 169 Å². The van der Waals surface area contributed by atoms with Gasteiger partial charge in [-0.15, -0.1) is 0 Å². The van der Waals surface area contributed by atoms with Crippen LogP contribution in [-0.2, 0) is 11.3 Å². The molecule has 3 rings (SSSR count). The van der Waals surface area contributed by atoms with Gasteiger partial charge in [-0.05, 0) is 29.8 Å². The van der Waals surface area contributed by atoms with Gasteiger partial charge in [0.05, 0.1) is 30.0 Å². The van der Waals surface area contributed by atoms with Gasteiger partial charge in [0.15, 0.2) is 0 Å². The molecule has 1 unspecified atom stereocenters. The van der Waals surface area contributed by atoms with Crippen molar-refractivity contribution in [1.82, 2.24) is 20.2 Å². The molecule has 0 saturated carbocycles. The number of alkyl halides is 3. The van der Waals surface area contributed by atoms with Gasteiger partial charge in [-0.25, -0.2) is 14.2 Å². The first-order valence-electron chi connectivity index (χ1n) is 9.16. The van der Waals surface area contributed by atoms with E-state index in [-0.39, 0.29) is 13.2 Å². The van der Waals surface area contributed by atoms with Crippen LogP contribution >= 0.6 is 0 Å². The number of halogens is 4. The lowest BCUT2D eigenvalue weighted by Gasteiger charge is -2.21. The largest absolute Gasteiger partial charge is 0.411 e.